The molecule has 1 aliphatic heterocycles. The van der Waals surface area contributed by atoms with Crippen LogP contribution in [0.2, 0.25) is 0 Å². The van der Waals surface area contributed by atoms with Crippen molar-refractivity contribution in [2.75, 3.05) is 13.2 Å². The Morgan fingerprint density at radius 3 is 3.06 bits per heavy atom. The van der Waals surface area contributed by atoms with Gasteiger partial charge in [-0.1, -0.05) is 12.1 Å². The first kappa shape index (κ1) is 12.8. The third-order valence-corrected chi connectivity index (χ3v) is 2.96. The fraction of sp³-hybridized carbons (Fsp3) is 0.462. The van der Waals surface area contributed by atoms with Crippen molar-refractivity contribution < 1.29 is 13.9 Å². The molecule has 0 saturated carbocycles. The van der Waals surface area contributed by atoms with Crippen LogP contribution in [0.4, 0.5) is 9.18 Å². The summed E-state index contributed by atoms with van der Waals surface area (Å²) in [6.07, 6.45) is 0.835. The Balaban J connectivity index is 1.86. The van der Waals surface area contributed by atoms with Crippen LogP contribution in [0.5, 0.6) is 0 Å². The summed E-state index contributed by atoms with van der Waals surface area (Å²) < 4.78 is 18.2. The predicted molar refractivity (Wildman–Crippen MR) is 65.7 cm³/mol. The van der Waals surface area contributed by atoms with Gasteiger partial charge in [-0.3, -0.25) is 0 Å². The van der Waals surface area contributed by atoms with Crippen molar-refractivity contribution in [2.24, 2.45) is 0 Å². The minimum absolute atomic E-state index is 0.0738. The van der Waals surface area contributed by atoms with Gasteiger partial charge in [-0.2, -0.15) is 0 Å². The number of nitrogens with one attached hydrogen (secondary N) is 2. The lowest BCUT2D eigenvalue weighted by Crippen LogP contribution is -2.43. The van der Waals surface area contributed by atoms with Crippen molar-refractivity contribution in [2.45, 2.75) is 25.4 Å². The lowest BCUT2D eigenvalue weighted by atomic mass is 10.1. The summed E-state index contributed by atoms with van der Waals surface area (Å²) >= 11 is 0. The lowest BCUT2D eigenvalue weighted by molar-refractivity contribution is 0.188. The van der Waals surface area contributed by atoms with Crippen molar-refractivity contribution in [3.05, 3.63) is 35.6 Å². The molecule has 0 aliphatic carbocycles. The largest absolute Gasteiger partial charge is 0.379 e. The number of ether oxygens (including phenoxy) is 1. The monoisotopic (exact) mass is 252 g/mol. The van der Waals surface area contributed by atoms with Gasteiger partial charge in [-0.05, 0) is 31.0 Å². The highest BCUT2D eigenvalue weighted by atomic mass is 19.1. The molecular formula is C13H17FN2O2. The van der Waals surface area contributed by atoms with Crippen LogP contribution in [0.15, 0.2) is 24.3 Å². The zero-order valence-corrected chi connectivity index (χ0v) is 10.3. The molecule has 2 amide bonds. The van der Waals surface area contributed by atoms with Crippen molar-refractivity contribution >= 4 is 6.03 Å². The summed E-state index contributed by atoms with van der Waals surface area (Å²) in [6.45, 7) is 3.06. The normalized spacial score (nSPS) is 20.4. The van der Waals surface area contributed by atoms with E-state index in [1.165, 1.54) is 12.1 Å². The molecule has 0 radical (unpaired) electrons. The van der Waals surface area contributed by atoms with Gasteiger partial charge in [0, 0.05) is 6.61 Å². The van der Waals surface area contributed by atoms with E-state index in [4.69, 9.17) is 4.74 Å². The van der Waals surface area contributed by atoms with Crippen LogP contribution in [0.3, 0.4) is 0 Å². The van der Waals surface area contributed by atoms with Gasteiger partial charge >= 0.3 is 6.03 Å². The molecule has 0 spiro atoms. The van der Waals surface area contributed by atoms with Crippen molar-refractivity contribution in [3.63, 3.8) is 0 Å². The molecule has 2 N–H and O–H groups in total. The molecule has 1 aromatic carbocycles. The number of urea groups is 1. The van der Waals surface area contributed by atoms with Gasteiger partial charge < -0.3 is 15.4 Å². The van der Waals surface area contributed by atoms with Crippen LogP contribution in [-0.2, 0) is 4.74 Å². The maximum Gasteiger partial charge on any atom is 0.315 e. The number of hydrogen-bond donors (Lipinski definition) is 2. The van der Waals surface area contributed by atoms with E-state index in [1.54, 1.807) is 12.1 Å². The van der Waals surface area contributed by atoms with Gasteiger partial charge in [0.2, 0.25) is 0 Å². The second kappa shape index (κ2) is 5.82. The average molecular weight is 252 g/mol. The second-order valence-corrected chi connectivity index (χ2v) is 4.46. The van der Waals surface area contributed by atoms with Crippen LogP contribution in [0.25, 0.3) is 0 Å². The smallest absolute Gasteiger partial charge is 0.315 e. The van der Waals surface area contributed by atoms with E-state index >= 15 is 0 Å². The Kier molecular flexibility index (Phi) is 4.15. The molecule has 1 saturated heterocycles. The highest BCUT2D eigenvalue weighted by Gasteiger charge is 2.18. The van der Waals surface area contributed by atoms with Crippen LogP contribution >= 0.6 is 0 Å². The maximum atomic E-state index is 13.0. The Morgan fingerprint density at radius 1 is 1.56 bits per heavy atom. The molecule has 1 fully saturated rings. The van der Waals surface area contributed by atoms with E-state index in [-0.39, 0.29) is 23.9 Å². The molecule has 98 valence electrons. The number of halogens is 1. The second-order valence-electron chi connectivity index (χ2n) is 4.46. The van der Waals surface area contributed by atoms with Crippen LogP contribution in [-0.4, -0.2) is 25.3 Å². The minimum Gasteiger partial charge on any atom is -0.379 e. The zero-order chi connectivity index (χ0) is 13.0. The Labute approximate surface area is 106 Å². The molecule has 18 heavy (non-hydrogen) atoms. The molecule has 1 aliphatic rings. The van der Waals surface area contributed by atoms with E-state index in [1.807, 2.05) is 6.92 Å². The molecule has 5 heteroatoms. The van der Waals surface area contributed by atoms with E-state index in [0.29, 0.717) is 13.2 Å². The molecule has 1 heterocycles. The SMILES string of the molecule is CC(NC(=O)NC1CCOC1)c1cccc(F)c1. The number of carbonyl (C=O) groups excluding carboxylic acids is 1. The van der Waals surface area contributed by atoms with E-state index in [0.717, 1.165) is 12.0 Å². The van der Waals surface area contributed by atoms with Crippen LogP contribution < -0.4 is 10.6 Å². The van der Waals surface area contributed by atoms with Gasteiger partial charge in [0.15, 0.2) is 0 Å². The molecule has 2 unspecified atom stereocenters. The van der Waals surface area contributed by atoms with E-state index in [2.05, 4.69) is 10.6 Å². The predicted octanol–water partition coefficient (Wildman–Crippen LogP) is 1.97. The lowest BCUT2D eigenvalue weighted by Gasteiger charge is -2.17. The van der Waals surface area contributed by atoms with Crippen LogP contribution in [0.1, 0.15) is 24.9 Å². The summed E-state index contributed by atoms with van der Waals surface area (Å²) in [4.78, 5) is 11.7. The summed E-state index contributed by atoms with van der Waals surface area (Å²) in [5.41, 5.74) is 0.743. The minimum atomic E-state index is -0.300. The first-order valence-corrected chi connectivity index (χ1v) is 6.05. The van der Waals surface area contributed by atoms with Crippen LogP contribution in [0, 0.1) is 5.82 Å². The highest BCUT2D eigenvalue weighted by molar-refractivity contribution is 5.74. The molecule has 4 nitrogen and oxygen atoms in total. The Hall–Kier alpha value is -1.62. The summed E-state index contributed by atoms with van der Waals surface area (Å²) in [5, 5.41) is 5.60. The van der Waals surface area contributed by atoms with Crippen molar-refractivity contribution in [1.82, 2.24) is 10.6 Å². The fourth-order valence-corrected chi connectivity index (χ4v) is 1.93. The third kappa shape index (κ3) is 3.43. The molecule has 2 rings (SSSR count). The molecular weight excluding hydrogens is 235 g/mol. The molecule has 2 atom stereocenters. The summed E-state index contributed by atoms with van der Waals surface area (Å²) in [5.74, 6) is -0.300. The van der Waals surface area contributed by atoms with E-state index < -0.39 is 0 Å². The van der Waals surface area contributed by atoms with Gasteiger partial charge in [-0.25, -0.2) is 9.18 Å². The molecule has 0 bridgehead atoms. The Morgan fingerprint density at radius 2 is 2.39 bits per heavy atom. The number of rotatable bonds is 3. The van der Waals surface area contributed by atoms with Crippen molar-refractivity contribution in [3.8, 4) is 0 Å². The average Bonchev–Trinajstić information content (AvgIpc) is 2.81. The number of amides is 2. The topological polar surface area (TPSA) is 50.4 Å². The first-order chi connectivity index (χ1) is 8.65. The first-order valence-electron chi connectivity index (χ1n) is 6.05. The van der Waals surface area contributed by atoms with Crippen molar-refractivity contribution in [1.29, 1.82) is 0 Å². The summed E-state index contributed by atoms with van der Waals surface area (Å²) in [6, 6.07) is 5.81. The maximum absolute atomic E-state index is 13.0. The van der Waals surface area contributed by atoms with Gasteiger partial charge in [0.05, 0.1) is 18.7 Å². The van der Waals surface area contributed by atoms with Gasteiger partial charge in [0.1, 0.15) is 5.82 Å². The Bertz CT molecular complexity index is 419. The van der Waals surface area contributed by atoms with E-state index in [9.17, 15) is 9.18 Å². The molecule has 1 aromatic rings. The fourth-order valence-electron chi connectivity index (χ4n) is 1.93. The number of benzene rings is 1. The highest BCUT2D eigenvalue weighted by Crippen LogP contribution is 2.13. The zero-order valence-electron chi connectivity index (χ0n) is 10.3. The number of carbonyl (C=O) groups is 1. The summed E-state index contributed by atoms with van der Waals surface area (Å²) in [7, 11) is 0. The third-order valence-electron chi connectivity index (χ3n) is 2.96. The van der Waals surface area contributed by atoms with Gasteiger partial charge in [0.25, 0.3) is 0 Å². The molecule has 0 aromatic heterocycles. The number of hydrogen-bond acceptors (Lipinski definition) is 2. The standard InChI is InChI=1S/C13H17FN2O2/c1-9(10-3-2-4-11(14)7-10)15-13(17)16-12-5-6-18-8-12/h2-4,7,9,12H,5-6,8H2,1H3,(H2,15,16,17). The van der Waals surface area contributed by atoms with Gasteiger partial charge in [-0.15, -0.1) is 0 Å². The quantitative estimate of drug-likeness (QED) is 0.864.